The zero-order chi connectivity index (χ0) is 6.69. The fourth-order valence-corrected chi connectivity index (χ4v) is 1.02. The third-order valence-corrected chi connectivity index (χ3v) is 1.90. The predicted molar refractivity (Wildman–Crippen MR) is 41.2 cm³/mol. The van der Waals surface area contributed by atoms with Crippen molar-refractivity contribution in [3.63, 3.8) is 0 Å². The quantitative estimate of drug-likeness (QED) is 0.646. The third-order valence-electron chi connectivity index (χ3n) is 0.726. The minimum Gasteiger partial charge on any atom is -0.363 e. The molecule has 1 aromatic heterocycles. The van der Waals surface area contributed by atoms with Crippen molar-refractivity contribution >= 4 is 34.1 Å². The van der Waals surface area contributed by atoms with E-state index in [1.54, 1.807) is 7.05 Å². The summed E-state index contributed by atoms with van der Waals surface area (Å²) in [5.74, 6) is 0. The lowest BCUT2D eigenvalue weighted by Crippen LogP contribution is -1.84. The number of hydrogen-bond acceptors (Lipinski definition) is 5. The largest absolute Gasteiger partial charge is 0.363 e. The summed E-state index contributed by atoms with van der Waals surface area (Å²) in [5, 5.41) is 14.2. The number of aromatic nitrogens is 2. The van der Waals surface area contributed by atoms with Crippen LogP contribution in [0.3, 0.4) is 0 Å². The van der Waals surface area contributed by atoms with E-state index in [1.807, 2.05) is 0 Å². The number of anilines is 1. The average molecular weight is 158 g/mol. The zero-order valence-corrected chi connectivity index (χ0v) is 6.34. The number of nitrogens with zero attached hydrogens (tertiary/aromatic N) is 2. The lowest BCUT2D eigenvalue weighted by atomic mass is 10.9. The smallest absolute Gasteiger partial charge is 0.205 e. The van der Waals surface area contributed by atoms with Crippen molar-refractivity contribution in [2.45, 2.75) is 0 Å². The monoisotopic (exact) mass is 158 g/mol. The summed E-state index contributed by atoms with van der Waals surface area (Å²) < 4.78 is 0. The minimum atomic E-state index is 0.648. The van der Waals surface area contributed by atoms with E-state index in [1.165, 1.54) is 11.3 Å². The van der Waals surface area contributed by atoms with Gasteiger partial charge in [0.1, 0.15) is 0 Å². The molecule has 47 valence electrons. The highest BCUT2D eigenvalue weighted by molar-refractivity contribution is 7.79. The van der Waals surface area contributed by atoms with Crippen molar-refractivity contribution in [2.75, 3.05) is 12.4 Å². The Morgan fingerprint density at radius 1 is 1.67 bits per heavy atom. The van der Waals surface area contributed by atoms with E-state index < -0.39 is 0 Å². The molecule has 1 aromatic rings. The second kappa shape index (κ2) is 2.84. The maximum Gasteiger partial charge on any atom is 0.205 e. The van der Waals surface area contributed by atoms with E-state index in [0.717, 1.165) is 5.13 Å². The van der Waals surface area contributed by atoms with Gasteiger partial charge in [-0.05, 0) is 0 Å². The van der Waals surface area contributed by atoms with Gasteiger partial charge in [0.25, 0.3) is 0 Å². The van der Waals surface area contributed by atoms with Gasteiger partial charge in [-0.1, -0.05) is 23.6 Å². The molecule has 1 N–H and O–H groups in total. The van der Waals surface area contributed by atoms with Crippen LogP contribution in [0.25, 0.3) is 0 Å². The predicted octanol–water partition coefficient (Wildman–Crippen LogP) is 0.805. The second-order valence-electron chi connectivity index (χ2n) is 1.26. The lowest BCUT2D eigenvalue weighted by molar-refractivity contribution is 1.08. The van der Waals surface area contributed by atoms with Gasteiger partial charge in [-0.2, -0.15) is 0 Å². The van der Waals surface area contributed by atoms with Crippen LogP contribution in [0.2, 0.25) is 0 Å². The SMILES string of the molecule is CNc1nnc([C]=S)s1. The number of nitrogens with one attached hydrogen (secondary N) is 1. The van der Waals surface area contributed by atoms with Crippen molar-refractivity contribution in [1.29, 1.82) is 0 Å². The van der Waals surface area contributed by atoms with Gasteiger partial charge in [0.2, 0.25) is 5.13 Å². The molecular weight excluding hydrogens is 154 g/mol. The van der Waals surface area contributed by atoms with Crippen LogP contribution in [0.4, 0.5) is 5.13 Å². The van der Waals surface area contributed by atoms with E-state index in [4.69, 9.17) is 0 Å². The maximum atomic E-state index is 4.51. The van der Waals surface area contributed by atoms with Gasteiger partial charge in [0, 0.05) is 7.05 Å². The summed E-state index contributed by atoms with van der Waals surface area (Å²) >= 11 is 5.89. The Morgan fingerprint density at radius 2 is 2.44 bits per heavy atom. The zero-order valence-electron chi connectivity index (χ0n) is 4.71. The molecule has 9 heavy (non-hydrogen) atoms. The number of rotatable bonds is 2. The van der Waals surface area contributed by atoms with E-state index in [2.05, 4.69) is 33.1 Å². The molecule has 0 fully saturated rings. The third kappa shape index (κ3) is 1.43. The van der Waals surface area contributed by atoms with Crippen LogP contribution in [0.5, 0.6) is 0 Å². The molecule has 0 aliphatic carbocycles. The molecule has 0 atom stereocenters. The van der Waals surface area contributed by atoms with Crippen molar-refractivity contribution < 1.29 is 0 Å². The van der Waals surface area contributed by atoms with Gasteiger partial charge in [-0.3, -0.25) is 0 Å². The Bertz CT molecular complexity index is 207. The van der Waals surface area contributed by atoms with Crippen LogP contribution >= 0.6 is 23.6 Å². The van der Waals surface area contributed by atoms with Gasteiger partial charge < -0.3 is 5.32 Å². The number of thiocarbonyl (C=S) groups is 1. The standard InChI is InChI=1S/C4H4N3S2/c1-5-4-7-6-3(2-8)9-4/h1H3,(H,5,7). The normalized spacial score (nSPS) is 9.00. The number of hydrogen-bond donors (Lipinski definition) is 1. The van der Waals surface area contributed by atoms with Crippen molar-refractivity contribution in [3.8, 4) is 0 Å². The molecule has 5 heteroatoms. The Hall–Kier alpha value is -0.550. The van der Waals surface area contributed by atoms with E-state index in [9.17, 15) is 0 Å². The minimum absolute atomic E-state index is 0.648. The summed E-state index contributed by atoms with van der Waals surface area (Å²) in [6.45, 7) is 0. The van der Waals surface area contributed by atoms with Crippen molar-refractivity contribution in [2.24, 2.45) is 0 Å². The van der Waals surface area contributed by atoms with Crippen LogP contribution in [-0.2, 0) is 0 Å². The summed E-state index contributed by atoms with van der Waals surface area (Å²) in [4.78, 5) is 0. The molecule has 0 aliphatic rings. The lowest BCUT2D eigenvalue weighted by Gasteiger charge is -1.82. The maximum absolute atomic E-state index is 4.51. The van der Waals surface area contributed by atoms with Gasteiger partial charge >= 0.3 is 0 Å². The van der Waals surface area contributed by atoms with Crippen LogP contribution in [0, 0.1) is 0 Å². The van der Waals surface area contributed by atoms with Crippen LogP contribution in [0.1, 0.15) is 5.01 Å². The molecule has 1 rings (SSSR count). The Balaban J connectivity index is 2.86. The molecule has 0 unspecified atom stereocenters. The molecule has 0 aliphatic heterocycles. The van der Waals surface area contributed by atoms with Gasteiger partial charge in [-0.25, -0.2) is 0 Å². The first kappa shape index (κ1) is 6.57. The summed E-state index contributed by atoms with van der Waals surface area (Å²) in [6.07, 6.45) is 0. The molecule has 1 radical (unpaired) electrons. The van der Waals surface area contributed by atoms with Gasteiger partial charge in [-0.15, -0.1) is 10.2 Å². The van der Waals surface area contributed by atoms with E-state index in [-0.39, 0.29) is 0 Å². The first-order valence-corrected chi connectivity index (χ1v) is 3.48. The molecule has 3 nitrogen and oxygen atoms in total. The summed E-state index contributed by atoms with van der Waals surface area (Å²) in [5.41, 5.74) is 0. The molecule has 0 saturated carbocycles. The van der Waals surface area contributed by atoms with Gasteiger partial charge in [0.15, 0.2) is 5.01 Å². The van der Waals surface area contributed by atoms with Crippen LogP contribution in [-0.4, -0.2) is 22.6 Å². The first-order chi connectivity index (χ1) is 4.36. The Morgan fingerprint density at radius 3 is 2.78 bits per heavy atom. The molecular formula is C4H4N3S2. The van der Waals surface area contributed by atoms with Crippen molar-refractivity contribution in [1.82, 2.24) is 10.2 Å². The Labute approximate surface area is 62.1 Å². The molecule has 0 spiro atoms. The summed E-state index contributed by atoms with van der Waals surface area (Å²) in [7, 11) is 1.79. The van der Waals surface area contributed by atoms with Crippen LogP contribution in [0.15, 0.2) is 0 Å². The fourth-order valence-electron chi connectivity index (χ4n) is 0.365. The van der Waals surface area contributed by atoms with E-state index >= 15 is 0 Å². The fraction of sp³-hybridized carbons (Fsp3) is 0.250. The summed E-state index contributed by atoms with van der Waals surface area (Å²) in [6, 6.07) is 0. The topological polar surface area (TPSA) is 37.8 Å². The molecule has 0 saturated heterocycles. The van der Waals surface area contributed by atoms with Crippen molar-refractivity contribution in [3.05, 3.63) is 5.01 Å². The van der Waals surface area contributed by atoms with E-state index in [0.29, 0.717) is 5.01 Å². The highest BCUT2D eigenvalue weighted by Crippen LogP contribution is 2.11. The second-order valence-corrected chi connectivity index (χ2v) is 2.45. The molecule has 1 heterocycles. The molecule has 0 aromatic carbocycles. The average Bonchev–Trinajstić information content (AvgIpc) is 2.34. The highest BCUT2D eigenvalue weighted by Gasteiger charge is 1.96. The van der Waals surface area contributed by atoms with Gasteiger partial charge in [0.05, 0.1) is 5.37 Å². The highest BCUT2D eigenvalue weighted by atomic mass is 32.1. The molecule has 0 bridgehead atoms. The van der Waals surface area contributed by atoms with Crippen LogP contribution < -0.4 is 5.32 Å². The Kier molecular flexibility index (Phi) is 2.07. The first-order valence-electron chi connectivity index (χ1n) is 2.26. The molecule has 0 amide bonds.